The van der Waals surface area contributed by atoms with Crippen LogP contribution in [0.4, 0.5) is 0 Å². The molecule has 0 heterocycles. The molecule has 0 spiro atoms. The fourth-order valence-electron chi connectivity index (χ4n) is 1.97. The summed E-state index contributed by atoms with van der Waals surface area (Å²) in [5.74, 6) is 0.999. The van der Waals surface area contributed by atoms with Gasteiger partial charge in [0.05, 0.1) is 25.4 Å². The minimum Gasteiger partial charge on any atom is -0.493 e. The van der Waals surface area contributed by atoms with Crippen molar-refractivity contribution in [2.24, 2.45) is 0 Å². The maximum Gasteiger partial charge on any atom is 0.305 e. The number of hydrogen-bond acceptors (Lipinski definition) is 5. The minimum atomic E-state index is -0.238. The van der Waals surface area contributed by atoms with E-state index in [1.807, 2.05) is 13.8 Å². The van der Waals surface area contributed by atoms with Crippen LogP contribution in [0.3, 0.4) is 0 Å². The molecule has 0 N–H and O–H groups in total. The van der Waals surface area contributed by atoms with Gasteiger partial charge in [-0.25, -0.2) is 0 Å². The molecule has 0 bridgehead atoms. The first kappa shape index (κ1) is 18.0. The predicted molar refractivity (Wildman–Crippen MR) is 83.7 cm³/mol. The summed E-state index contributed by atoms with van der Waals surface area (Å²) >= 11 is 0. The lowest BCUT2D eigenvalue weighted by Crippen LogP contribution is -2.08. The lowest BCUT2D eigenvalue weighted by Gasteiger charge is -2.15. The fourth-order valence-corrected chi connectivity index (χ4v) is 1.97. The highest BCUT2D eigenvalue weighted by molar-refractivity contribution is 5.81. The Morgan fingerprint density at radius 2 is 1.95 bits per heavy atom. The second-order valence-electron chi connectivity index (χ2n) is 4.83. The van der Waals surface area contributed by atoms with E-state index < -0.39 is 0 Å². The summed E-state index contributed by atoms with van der Waals surface area (Å²) in [7, 11) is 0. The number of aldehydes is 1. The van der Waals surface area contributed by atoms with Gasteiger partial charge in [0.15, 0.2) is 6.29 Å². The summed E-state index contributed by atoms with van der Waals surface area (Å²) in [6.07, 6.45) is 2.51. The van der Waals surface area contributed by atoms with Gasteiger partial charge in [-0.2, -0.15) is 0 Å². The Kier molecular flexibility index (Phi) is 8.04. The molecule has 5 nitrogen and oxygen atoms in total. The van der Waals surface area contributed by atoms with Crippen molar-refractivity contribution in [3.05, 3.63) is 23.3 Å². The van der Waals surface area contributed by atoms with Crippen LogP contribution in [-0.2, 0) is 9.53 Å². The Labute approximate surface area is 131 Å². The van der Waals surface area contributed by atoms with Gasteiger partial charge in [-0.15, -0.1) is 0 Å². The Bertz CT molecular complexity index is 496. The number of carbonyl (C=O) groups is 2. The second kappa shape index (κ2) is 9.82. The molecule has 0 fully saturated rings. The van der Waals surface area contributed by atoms with E-state index in [2.05, 4.69) is 0 Å². The van der Waals surface area contributed by atoms with Gasteiger partial charge < -0.3 is 14.2 Å². The standard InChI is InChI=1S/C17H24O5/c1-4-10-21-15-9-8-14(12-18)17(13(15)3)22-11-6-7-16(19)20-5-2/h8-9,12H,4-7,10-11H2,1-3H3. The lowest BCUT2D eigenvalue weighted by molar-refractivity contribution is -0.143. The Morgan fingerprint density at radius 3 is 2.59 bits per heavy atom. The summed E-state index contributed by atoms with van der Waals surface area (Å²) in [4.78, 5) is 22.4. The second-order valence-corrected chi connectivity index (χ2v) is 4.83. The van der Waals surface area contributed by atoms with Gasteiger partial charge in [0.25, 0.3) is 0 Å². The third-order valence-electron chi connectivity index (χ3n) is 3.05. The van der Waals surface area contributed by atoms with Crippen LogP contribution in [0.15, 0.2) is 12.1 Å². The van der Waals surface area contributed by atoms with Crippen LogP contribution in [0.5, 0.6) is 11.5 Å². The van der Waals surface area contributed by atoms with Crippen LogP contribution < -0.4 is 9.47 Å². The molecule has 0 aliphatic carbocycles. The molecular formula is C17H24O5. The van der Waals surface area contributed by atoms with Gasteiger partial charge in [0.1, 0.15) is 11.5 Å². The van der Waals surface area contributed by atoms with Crippen molar-refractivity contribution in [1.82, 2.24) is 0 Å². The minimum absolute atomic E-state index is 0.238. The molecule has 0 saturated carbocycles. The smallest absolute Gasteiger partial charge is 0.305 e. The molecule has 0 saturated heterocycles. The molecule has 1 rings (SSSR count). The van der Waals surface area contributed by atoms with Gasteiger partial charge in [-0.05, 0) is 38.8 Å². The number of esters is 1. The fraction of sp³-hybridized carbons (Fsp3) is 0.529. The Hall–Kier alpha value is -2.04. The Balaban J connectivity index is 2.66. The number of hydrogen-bond donors (Lipinski definition) is 0. The van der Waals surface area contributed by atoms with Gasteiger partial charge in [-0.3, -0.25) is 9.59 Å². The highest BCUT2D eigenvalue weighted by Crippen LogP contribution is 2.31. The van der Waals surface area contributed by atoms with Crippen molar-refractivity contribution in [3.8, 4) is 11.5 Å². The zero-order valence-electron chi connectivity index (χ0n) is 13.5. The third-order valence-corrected chi connectivity index (χ3v) is 3.05. The number of benzene rings is 1. The predicted octanol–water partition coefficient (Wildman–Crippen LogP) is 3.32. The number of rotatable bonds is 10. The molecule has 1 aromatic rings. The van der Waals surface area contributed by atoms with Crippen LogP contribution in [0.25, 0.3) is 0 Å². The van der Waals surface area contributed by atoms with Gasteiger partial charge in [-0.1, -0.05) is 6.92 Å². The molecule has 0 aliphatic rings. The topological polar surface area (TPSA) is 61.8 Å². The SMILES string of the molecule is CCCOc1ccc(C=O)c(OCCCC(=O)OCC)c1C. The first-order chi connectivity index (χ1) is 10.6. The van der Waals surface area contributed by atoms with E-state index in [0.717, 1.165) is 18.3 Å². The van der Waals surface area contributed by atoms with Crippen molar-refractivity contribution >= 4 is 12.3 Å². The van der Waals surface area contributed by atoms with Crippen LogP contribution in [-0.4, -0.2) is 32.1 Å². The van der Waals surface area contributed by atoms with E-state index in [0.29, 0.717) is 49.7 Å². The molecule has 0 unspecified atom stereocenters. The van der Waals surface area contributed by atoms with Crippen molar-refractivity contribution in [2.45, 2.75) is 40.0 Å². The van der Waals surface area contributed by atoms with Gasteiger partial charge >= 0.3 is 5.97 Å². The first-order valence-electron chi connectivity index (χ1n) is 7.64. The number of carbonyl (C=O) groups excluding carboxylic acids is 2. The molecule has 5 heteroatoms. The van der Waals surface area contributed by atoms with Gasteiger partial charge in [0.2, 0.25) is 0 Å². The normalized spacial score (nSPS) is 10.1. The highest BCUT2D eigenvalue weighted by atomic mass is 16.5. The van der Waals surface area contributed by atoms with Crippen LogP contribution in [0, 0.1) is 6.92 Å². The monoisotopic (exact) mass is 308 g/mol. The van der Waals surface area contributed by atoms with Crippen molar-refractivity contribution in [3.63, 3.8) is 0 Å². The van der Waals surface area contributed by atoms with Crippen molar-refractivity contribution in [2.75, 3.05) is 19.8 Å². The highest BCUT2D eigenvalue weighted by Gasteiger charge is 2.12. The van der Waals surface area contributed by atoms with E-state index in [4.69, 9.17) is 14.2 Å². The summed E-state index contributed by atoms with van der Waals surface area (Å²) in [5, 5.41) is 0. The Morgan fingerprint density at radius 1 is 1.18 bits per heavy atom. The molecule has 22 heavy (non-hydrogen) atoms. The van der Waals surface area contributed by atoms with Crippen LogP contribution in [0.1, 0.15) is 49.0 Å². The number of ether oxygens (including phenoxy) is 3. The van der Waals surface area contributed by atoms with Crippen molar-refractivity contribution < 1.29 is 23.8 Å². The molecule has 1 aromatic carbocycles. The quantitative estimate of drug-likeness (QED) is 0.377. The third kappa shape index (κ3) is 5.39. The van der Waals surface area contributed by atoms with Gasteiger partial charge in [0, 0.05) is 12.0 Å². The van der Waals surface area contributed by atoms with Crippen LogP contribution in [0.2, 0.25) is 0 Å². The van der Waals surface area contributed by atoms with E-state index in [1.54, 1.807) is 19.1 Å². The molecule has 122 valence electrons. The van der Waals surface area contributed by atoms with E-state index in [9.17, 15) is 9.59 Å². The first-order valence-corrected chi connectivity index (χ1v) is 7.64. The molecule has 0 amide bonds. The van der Waals surface area contributed by atoms with Crippen LogP contribution >= 0.6 is 0 Å². The average molecular weight is 308 g/mol. The molecule has 0 radical (unpaired) electrons. The summed E-state index contributed by atoms with van der Waals surface area (Å²) in [6.45, 7) is 7.00. The molecule has 0 atom stereocenters. The largest absolute Gasteiger partial charge is 0.493 e. The summed E-state index contributed by atoms with van der Waals surface area (Å²) < 4.78 is 16.2. The van der Waals surface area contributed by atoms with E-state index >= 15 is 0 Å². The summed E-state index contributed by atoms with van der Waals surface area (Å²) in [6, 6.07) is 3.46. The summed E-state index contributed by atoms with van der Waals surface area (Å²) in [5.41, 5.74) is 1.28. The van der Waals surface area contributed by atoms with E-state index in [-0.39, 0.29) is 5.97 Å². The molecule has 0 aromatic heterocycles. The molecule has 0 aliphatic heterocycles. The van der Waals surface area contributed by atoms with E-state index in [1.165, 1.54) is 0 Å². The maximum absolute atomic E-state index is 11.3. The average Bonchev–Trinajstić information content (AvgIpc) is 2.51. The lowest BCUT2D eigenvalue weighted by atomic mass is 10.1. The maximum atomic E-state index is 11.3. The zero-order chi connectivity index (χ0) is 16.4. The zero-order valence-corrected chi connectivity index (χ0v) is 13.5. The molecular weight excluding hydrogens is 284 g/mol. The van der Waals surface area contributed by atoms with Crippen molar-refractivity contribution in [1.29, 1.82) is 0 Å².